The normalized spacial score (nSPS) is 51.6. The molecule has 0 aromatic rings. The number of fused-ring (bicyclic) bond motifs is 5. The number of rotatable bonds is 21. The molecule has 0 aromatic carbocycles. The Morgan fingerprint density at radius 1 is 0.573 bits per heavy atom. The summed E-state index contributed by atoms with van der Waals surface area (Å²) in [5.41, 5.74) is -1.36. The molecule has 10 aliphatic rings. The van der Waals surface area contributed by atoms with Crippen LogP contribution in [0, 0.1) is 40.4 Å². The molecule has 4 aliphatic carbocycles. The van der Waals surface area contributed by atoms with Crippen molar-refractivity contribution in [1.82, 2.24) is 0 Å². The Morgan fingerprint density at radius 3 is 1.64 bits per heavy atom. The Balaban J connectivity index is 0.903. The molecule has 38 atom stereocenters. The van der Waals surface area contributed by atoms with E-state index in [1.165, 1.54) is 20.8 Å². The molecule has 0 bridgehead atoms. The Hall–Kier alpha value is -1.84. The summed E-state index contributed by atoms with van der Waals surface area (Å²) in [6.07, 6.45) is -48.6. The fourth-order valence-electron chi connectivity index (χ4n) is 17.2. The largest absolute Gasteiger partial charge is 0.397 e. The van der Waals surface area contributed by atoms with Gasteiger partial charge in [0.2, 0.25) is 0 Å². The van der Waals surface area contributed by atoms with Crippen LogP contribution in [0.15, 0.2) is 11.6 Å². The zero-order valence-corrected chi connectivity index (χ0v) is 55.7. The summed E-state index contributed by atoms with van der Waals surface area (Å²) >= 11 is 0. The second-order valence-electron chi connectivity index (χ2n) is 29.5. The van der Waals surface area contributed by atoms with Gasteiger partial charge < -0.3 is 139 Å². The molecule has 0 aromatic heterocycles. The molecule has 34 heteroatoms. The van der Waals surface area contributed by atoms with Gasteiger partial charge in [0.05, 0.1) is 55.9 Å². The standard InChI is InChI=1S/C62H102O33S/c1-22(2)15-26(65)18-62(8,79)36-10-9-29-28-17-32(31-16-27(95-96(80,81)82)11-13-60(31,6)30(28)12-14-61(29,36)7)87-56-48(77)51(39(68)24(4)85-56)92-58-52(93-54-46(75)43(72)37(66)23(3)84-54)42(71)35(21-83-58)90-59-53(45(74)41(70)34(20-64)89-59)94-57-49(78)50(38(67)25(5)86-57)91-55-47(76)44(73)40(69)33(19-63)88-55/h12,22-25,27-29,31-59,63-64,66-79H,9-11,13-21H2,1-8H3,(H,80,81,82)/t23-,24-,25-,27+,28+,29+,31?,32?,33-,34-,35-,36+,37+,38+,39-,40-,41-,42+,43-,44+,45+,46-,47-,48-,49-,50+,51?,52-,53-,54+,55+,56+,57-,58+,59+,60-,61+,62+/m1/s1. The monoisotopic (exact) mass is 1410 g/mol. The lowest BCUT2D eigenvalue weighted by Gasteiger charge is -2.60. The highest BCUT2D eigenvalue weighted by molar-refractivity contribution is 7.80. The average Bonchev–Trinajstić information content (AvgIpc) is 1.29. The number of allylic oxidation sites excluding steroid dienone is 2. The van der Waals surface area contributed by atoms with Crippen molar-refractivity contribution in [3.05, 3.63) is 11.6 Å². The maximum atomic E-state index is 13.3. The molecule has 554 valence electrons. The van der Waals surface area contributed by atoms with Crippen molar-refractivity contribution in [3.8, 4) is 0 Å². The third kappa shape index (κ3) is 15.2. The Bertz CT molecular complexity index is 2750. The number of carbonyl (C=O) groups is 1. The maximum absolute atomic E-state index is 13.3. The zero-order chi connectivity index (χ0) is 70.3. The highest BCUT2D eigenvalue weighted by Crippen LogP contribution is 2.67. The number of hydrogen-bond donors (Lipinski definition) is 17. The van der Waals surface area contributed by atoms with Gasteiger partial charge in [0, 0.05) is 12.8 Å². The van der Waals surface area contributed by atoms with Crippen LogP contribution in [0.3, 0.4) is 0 Å². The topological polar surface area (TPSA) is 515 Å². The van der Waals surface area contributed by atoms with Crippen molar-refractivity contribution in [1.29, 1.82) is 0 Å². The van der Waals surface area contributed by atoms with Crippen LogP contribution in [0.5, 0.6) is 0 Å². The average molecular weight is 1410 g/mol. The SMILES string of the molecule is CC(C)CC(=O)C[C@](C)(O)[C@H]1CC[C@H]2[C@@H]3CC(O[C@@H]4O[C@H](C)[C@@H](O)C(O[C@@H]5OC[C@@H](O[C@@H]6O[C@H](CO)[C@@H](O)[C@H](O)[C@H]6O[C@H]6O[C@H](C)[C@H](O)[C@H](O[C@@H]7O[C@H](CO)[C@@H](O)[C@H](O)[C@H]7O)[C@H]6O)[C@H](O)[C@H]5O[C@@H]5O[C@H](C)[C@H](O)[C@@H](O)[C@H]5O)[C@H]4O)C4C[C@@H](OS(=O)(=O)O)CC[C@]4(C)C3=CC[C@@]21C. The first-order valence-corrected chi connectivity index (χ1v) is 34.8. The Kier molecular flexibility index (Phi) is 24.1. The van der Waals surface area contributed by atoms with Crippen LogP contribution in [0.4, 0.5) is 0 Å². The van der Waals surface area contributed by atoms with Gasteiger partial charge in [-0.05, 0) is 113 Å². The fraction of sp³-hybridized carbons (Fsp3) is 0.952. The van der Waals surface area contributed by atoms with Crippen LogP contribution in [0.2, 0.25) is 0 Å². The second-order valence-corrected chi connectivity index (χ2v) is 30.5. The minimum atomic E-state index is -4.92. The number of ether oxygens (including phenoxy) is 12. The Morgan fingerprint density at radius 2 is 1.06 bits per heavy atom. The van der Waals surface area contributed by atoms with Gasteiger partial charge in [-0.25, -0.2) is 4.18 Å². The molecule has 0 spiro atoms. The molecule has 10 rings (SSSR count). The molecule has 6 saturated heterocycles. The molecule has 0 amide bonds. The molecule has 0 radical (unpaired) electrons. The number of hydrogen-bond acceptors (Lipinski definition) is 32. The van der Waals surface area contributed by atoms with E-state index in [0.717, 1.165) is 5.57 Å². The second kappa shape index (κ2) is 30.1. The molecule has 6 aliphatic heterocycles. The molecule has 9 fully saturated rings. The van der Waals surface area contributed by atoms with Crippen molar-refractivity contribution in [2.75, 3.05) is 19.8 Å². The van der Waals surface area contributed by atoms with Gasteiger partial charge in [-0.3, -0.25) is 9.35 Å². The van der Waals surface area contributed by atoms with Gasteiger partial charge in [0.25, 0.3) is 0 Å². The van der Waals surface area contributed by atoms with Gasteiger partial charge in [0.1, 0.15) is 128 Å². The lowest BCUT2D eigenvalue weighted by atomic mass is 9.47. The predicted octanol–water partition coefficient (Wildman–Crippen LogP) is -4.85. The summed E-state index contributed by atoms with van der Waals surface area (Å²) in [7, 11) is -4.92. The van der Waals surface area contributed by atoms with Gasteiger partial charge in [0.15, 0.2) is 37.7 Å². The molecular weight excluding hydrogens is 1300 g/mol. The number of ketones is 1. The fourth-order valence-corrected chi connectivity index (χ4v) is 17.8. The minimum Gasteiger partial charge on any atom is -0.394 e. The van der Waals surface area contributed by atoms with Crippen molar-refractivity contribution >= 4 is 16.2 Å². The summed E-state index contributed by atoms with van der Waals surface area (Å²) in [5, 5.41) is 179. The van der Waals surface area contributed by atoms with E-state index >= 15 is 0 Å². The zero-order valence-electron chi connectivity index (χ0n) is 54.9. The third-order valence-electron chi connectivity index (χ3n) is 22.4. The van der Waals surface area contributed by atoms with Crippen molar-refractivity contribution < 1.29 is 160 Å². The van der Waals surface area contributed by atoms with E-state index < -0.39 is 243 Å². The first kappa shape index (κ1) is 76.8. The van der Waals surface area contributed by atoms with Crippen LogP contribution in [0.25, 0.3) is 0 Å². The summed E-state index contributed by atoms with van der Waals surface area (Å²) in [6.45, 7) is 11.4. The first-order valence-electron chi connectivity index (χ1n) is 33.4. The number of carbonyl (C=O) groups excluding carboxylic acids is 1. The molecule has 3 unspecified atom stereocenters. The van der Waals surface area contributed by atoms with E-state index in [1.807, 2.05) is 13.8 Å². The highest BCUT2D eigenvalue weighted by Gasteiger charge is 2.64. The summed E-state index contributed by atoms with van der Waals surface area (Å²) in [5.74, 6) is -0.947. The quantitative estimate of drug-likeness (QED) is 0.0379. The molecule has 17 N–H and O–H groups in total. The van der Waals surface area contributed by atoms with Crippen LogP contribution in [0.1, 0.15) is 113 Å². The first-order chi connectivity index (χ1) is 44.9. The van der Waals surface area contributed by atoms with Crippen LogP contribution in [-0.4, -0.2) is 316 Å². The summed E-state index contributed by atoms with van der Waals surface area (Å²) < 4.78 is 112. The van der Waals surface area contributed by atoms with Crippen LogP contribution >= 0.6 is 0 Å². The van der Waals surface area contributed by atoms with Gasteiger partial charge in [-0.15, -0.1) is 0 Å². The summed E-state index contributed by atoms with van der Waals surface area (Å²) in [6, 6.07) is 0. The summed E-state index contributed by atoms with van der Waals surface area (Å²) in [4.78, 5) is 13.3. The van der Waals surface area contributed by atoms with E-state index in [2.05, 4.69) is 19.9 Å². The van der Waals surface area contributed by atoms with Crippen LogP contribution < -0.4 is 0 Å². The van der Waals surface area contributed by atoms with Gasteiger partial charge in [-0.1, -0.05) is 39.3 Å². The maximum Gasteiger partial charge on any atom is 0.397 e. The molecule has 96 heavy (non-hydrogen) atoms. The van der Waals surface area contributed by atoms with E-state index in [0.29, 0.717) is 38.5 Å². The van der Waals surface area contributed by atoms with Crippen molar-refractivity contribution in [3.63, 3.8) is 0 Å². The predicted molar refractivity (Wildman–Crippen MR) is 318 cm³/mol. The minimum absolute atomic E-state index is 0.00878. The molecule has 6 heterocycles. The van der Waals surface area contributed by atoms with E-state index in [9.17, 15) is 99.5 Å². The van der Waals surface area contributed by atoms with Gasteiger partial charge >= 0.3 is 10.4 Å². The van der Waals surface area contributed by atoms with Crippen LogP contribution in [-0.2, 0) is 76.2 Å². The lowest BCUT2D eigenvalue weighted by Crippen LogP contribution is -2.67. The molecular formula is C62H102O33S. The third-order valence-corrected chi connectivity index (χ3v) is 22.9. The number of aliphatic hydroxyl groups excluding tert-OH is 15. The smallest absolute Gasteiger partial charge is 0.394 e. The van der Waals surface area contributed by atoms with Crippen molar-refractivity contribution in [2.24, 2.45) is 40.4 Å². The lowest BCUT2D eigenvalue weighted by molar-refractivity contribution is -0.402. The Labute approximate surface area is 555 Å². The molecule has 33 nitrogen and oxygen atoms in total. The van der Waals surface area contributed by atoms with E-state index in [4.69, 9.17) is 61.0 Å². The van der Waals surface area contributed by atoms with Crippen molar-refractivity contribution in [2.45, 2.75) is 309 Å². The van der Waals surface area contributed by atoms with Gasteiger partial charge in [-0.2, -0.15) is 8.42 Å². The molecule has 3 saturated carbocycles. The number of aliphatic hydroxyl groups is 16. The number of Topliss-reactive ketones (excluding diaryl/α,β-unsaturated/α-hetero) is 1. The highest BCUT2D eigenvalue weighted by atomic mass is 32.3. The van der Waals surface area contributed by atoms with E-state index in [1.54, 1.807) is 6.92 Å². The van der Waals surface area contributed by atoms with E-state index in [-0.39, 0.29) is 48.7 Å².